The predicted octanol–water partition coefficient (Wildman–Crippen LogP) is 17.6. The molecule has 0 aromatic carbocycles. The third-order valence-corrected chi connectivity index (χ3v) is 13.3. The zero-order valence-electron chi connectivity index (χ0n) is 50.3. The highest BCUT2D eigenvalue weighted by Gasteiger charge is 2.22. The molecule has 0 aliphatic heterocycles. The smallest absolute Gasteiger partial charge is 0.306 e. The molecule has 0 saturated heterocycles. The van der Waals surface area contributed by atoms with Crippen LogP contribution < -0.4 is 5.11 Å². The van der Waals surface area contributed by atoms with Gasteiger partial charge in [0.2, 0.25) is 0 Å². The van der Waals surface area contributed by atoms with Crippen molar-refractivity contribution in [1.82, 2.24) is 0 Å². The summed E-state index contributed by atoms with van der Waals surface area (Å²) in [7, 11) is 5.92. The molecule has 442 valence electrons. The first kappa shape index (κ1) is 73.2. The SMILES string of the molecule is CC/C=C\C/C=C\C/C=C\C/C=C\C/C=C\C/C=C\C/C=C\CCCCCCCCCC(=O)OC(COC(=O)CCCCCCCCCCCCC/C=C\CCCCCCCCCC)COC(OCC[N+](C)(C)C)C(=O)[O-]. The van der Waals surface area contributed by atoms with Gasteiger partial charge in [0.25, 0.3) is 0 Å². The van der Waals surface area contributed by atoms with E-state index in [4.69, 9.17) is 18.9 Å². The molecule has 0 aromatic heterocycles. The number of nitrogens with zero attached hydrogens (tertiary/aromatic N) is 1. The number of hydrogen-bond acceptors (Lipinski definition) is 8. The number of carbonyl (C=O) groups excluding carboxylic acids is 3. The quantitative estimate of drug-likeness (QED) is 0.0195. The van der Waals surface area contributed by atoms with Crippen molar-refractivity contribution in [2.75, 3.05) is 47.5 Å². The second-order valence-corrected chi connectivity index (χ2v) is 22.0. The van der Waals surface area contributed by atoms with Crippen molar-refractivity contribution in [2.24, 2.45) is 0 Å². The number of carboxylic acids is 1. The normalized spacial score (nSPS) is 13.4. The molecular formula is C68H117NO8. The van der Waals surface area contributed by atoms with E-state index in [0.29, 0.717) is 17.4 Å². The highest BCUT2D eigenvalue weighted by molar-refractivity contribution is 5.70. The van der Waals surface area contributed by atoms with E-state index in [2.05, 4.69) is 111 Å². The lowest BCUT2D eigenvalue weighted by molar-refractivity contribution is -0.870. The number of aliphatic carboxylic acids is 1. The van der Waals surface area contributed by atoms with Crippen LogP contribution in [0.1, 0.15) is 258 Å². The van der Waals surface area contributed by atoms with Crippen molar-refractivity contribution in [1.29, 1.82) is 0 Å². The maximum absolute atomic E-state index is 12.9. The Morgan fingerprint density at radius 2 is 0.740 bits per heavy atom. The van der Waals surface area contributed by atoms with Gasteiger partial charge in [0.1, 0.15) is 13.2 Å². The summed E-state index contributed by atoms with van der Waals surface area (Å²) in [5, 5.41) is 11.8. The molecule has 0 aliphatic carbocycles. The maximum atomic E-state index is 12.9. The van der Waals surface area contributed by atoms with Gasteiger partial charge in [-0.2, -0.15) is 0 Å². The van der Waals surface area contributed by atoms with E-state index in [0.717, 1.165) is 89.9 Å². The van der Waals surface area contributed by atoms with E-state index >= 15 is 0 Å². The lowest BCUT2D eigenvalue weighted by Gasteiger charge is -2.26. The minimum absolute atomic E-state index is 0.141. The van der Waals surface area contributed by atoms with Crippen LogP contribution in [-0.2, 0) is 33.3 Å². The Hall–Kier alpha value is -3.79. The number of quaternary nitrogens is 1. The second kappa shape index (κ2) is 58.4. The summed E-state index contributed by atoms with van der Waals surface area (Å²) >= 11 is 0. The van der Waals surface area contributed by atoms with Crippen molar-refractivity contribution in [2.45, 2.75) is 270 Å². The molecule has 9 heteroatoms. The van der Waals surface area contributed by atoms with E-state index in [1.807, 2.05) is 21.1 Å². The fourth-order valence-electron chi connectivity index (χ4n) is 8.51. The van der Waals surface area contributed by atoms with E-state index in [9.17, 15) is 19.5 Å². The molecule has 0 radical (unpaired) electrons. The summed E-state index contributed by atoms with van der Waals surface area (Å²) in [5.41, 5.74) is 0. The average Bonchev–Trinajstić information content (AvgIpc) is 3.40. The molecule has 2 atom stereocenters. The second-order valence-electron chi connectivity index (χ2n) is 22.0. The van der Waals surface area contributed by atoms with Gasteiger partial charge in [-0.1, -0.05) is 246 Å². The van der Waals surface area contributed by atoms with E-state index in [-0.39, 0.29) is 38.6 Å². The molecule has 2 unspecified atom stereocenters. The van der Waals surface area contributed by atoms with Crippen LogP contribution in [-0.4, -0.2) is 82.3 Å². The zero-order chi connectivity index (χ0) is 56.2. The number of carboxylic acid groups (broad SMARTS) is 1. The summed E-state index contributed by atoms with van der Waals surface area (Å²) in [5.74, 6) is -2.30. The predicted molar refractivity (Wildman–Crippen MR) is 324 cm³/mol. The first-order valence-corrected chi connectivity index (χ1v) is 31.4. The number of likely N-dealkylation sites (N-methyl/N-ethyl adjacent to an activating group) is 1. The third kappa shape index (κ3) is 59.7. The largest absolute Gasteiger partial charge is 0.545 e. The van der Waals surface area contributed by atoms with Crippen LogP contribution in [0.2, 0.25) is 0 Å². The number of rotatable bonds is 57. The van der Waals surface area contributed by atoms with Crippen LogP contribution >= 0.6 is 0 Å². The fraction of sp³-hybridized carbons (Fsp3) is 0.721. The first-order chi connectivity index (χ1) is 37.6. The highest BCUT2D eigenvalue weighted by Crippen LogP contribution is 2.16. The van der Waals surface area contributed by atoms with Gasteiger partial charge >= 0.3 is 11.9 Å². The van der Waals surface area contributed by atoms with Crippen molar-refractivity contribution in [3.05, 3.63) is 97.2 Å². The fourth-order valence-corrected chi connectivity index (χ4v) is 8.51. The van der Waals surface area contributed by atoms with Gasteiger partial charge in [0.05, 0.1) is 40.3 Å². The molecule has 0 N–H and O–H groups in total. The first-order valence-electron chi connectivity index (χ1n) is 31.4. The van der Waals surface area contributed by atoms with Crippen molar-refractivity contribution < 1.29 is 42.9 Å². The number of carbonyl (C=O) groups is 3. The standard InChI is InChI=1S/C68H117NO8/c1-6-8-10-12-14-16-18-20-22-24-26-28-30-31-32-33-34-35-37-39-41-43-45-47-49-51-53-55-57-59-66(71)77-64(63-76-68(67(72)73)74-61-60-69(3,4)5)62-75-65(70)58-56-54-52-50-48-46-44-42-40-38-36-29-27-25-23-21-19-17-15-13-11-9-7-2/h8,10,14,16,20,22,25-28,31-32,34-35,39,41,64,68H,6-7,9,11-13,15,17-19,21,23-24,29-30,33,36-38,40,42-63H2,1-5H3/b10-8-,16-14-,22-20-,27-25-,28-26-,32-31-,35-34-,41-39-. The van der Waals surface area contributed by atoms with E-state index < -0.39 is 24.3 Å². The lowest BCUT2D eigenvalue weighted by atomic mass is 10.0. The molecule has 77 heavy (non-hydrogen) atoms. The summed E-state index contributed by atoms with van der Waals surface area (Å²) in [6.07, 6.45) is 76.0. The molecule has 9 nitrogen and oxygen atoms in total. The molecular weight excluding hydrogens is 959 g/mol. The molecule has 0 fully saturated rings. The van der Waals surface area contributed by atoms with Crippen LogP contribution in [0, 0.1) is 0 Å². The summed E-state index contributed by atoms with van der Waals surface area (Å²) in [6, 6.07) is 0. The lowest BCUT2D eigenvalue weighted by Crippen LogP contribution is -2.44. The topological polar surface area (TPSA) is 111 Å². The Bertz CT molecular complexity index is 1580. The maximum Gasteiger partial charge on any atom is 0.306 e. The summed E-state index contributed by atoms with van der Waals surface area (Å²) < 4.78 is 22.7. The van der Waals surface area contributed by atoms with Gasteiger partial charge in [-0.3, -0.25) is 9.59 Å². The van der Waals surface area contributed by atoms with E-state index in [1.165, 1.54) is 135 Å². The highest BCUT2D eigenvalue weighted by atomic mass is 16.7. The van der Waals surface area contributed by atoms with Gasteiger partial charge in [0.15, 0.2) is 12.4 Å². The Labute approximate surface area is 473 Å². The van der Waals surface area contributed by atoms with E-state index in [1.54, 1.807) is 0 Å². The molecule has 0 heterocycles. The Morgan fingerprint density at radius 1 is 0.403 bits per heavy atom. The number of allylic oxidation sites excluding steroid dienone is 16. The Morgan fingerprint density at radius 3 is 1.12 bits per heavy atom. The molecule has 0 rings (SSSR count). The molecule has 0 bridgehead atoms. The molecule has 0 saturated carbocycles. The Kier molecular flexibility index (Phi) is 55.5. The van der Waals surface area contributed by atoms with Gasteiger partial charge in [0, 0.05) is 12.8 Å². The van der Waals surface area contributed by atoms with Crippen LogP contribution in [0.25, 0.3) is 0 Å². The molecule has 0 aliphatic rings. The van der Waals surface area contributed by atoms with Gasteiger partial charge in [-0.05, 0) is 96.3 Å². The van der Waals surface area contributed by atoms with Gasteiger partial charge < -0.3 is 33.3 Å². The number of esters is 2. The monoisotopic (exact) mass is 1080 g/mol. The van der Waals surface area contributed by atoms with Crippen LogP contribution in [0.5, 0.6) is 0 Å². The van der Waals surface area contributed by atoms with Crippen molar-refractivity contribution >= 4 is 17.9 Å². The van der Waals surface area contributed by atoms with Crippen LogP contribution in [0.3, 0.4) is 0 Å². The number of ether oxygens (including phenoxy) is 4. The van der Waals surface area contributed by atoms with Crippen LogP contribution in [0.15, 0.2) is 97.2 Å². The van der Waals surface area contributed by atoms with Crippen molar-refractivity contribution in [3.8, 4) is 0 Å². The Balaban J connectivity index is 4.25. The molecule has 0 aromatic rings. The minimum Gasteiger partial charge on any atom is -0.545 e. The molecule has 0 spiro atoms. The third-order valence-electron chi connectivity index (χ3n) is 13.3. The van der Waals surface area contributed by atoms with Gasteiger partial charge in [-0.15, -0.1) is 0 Å². The minimum atomic E-state index is -1.63. The summed E-state index contributed by atoms with van der Waals surface area (Å²) in [4.78, 5) is 37.4. The van der Waals surface area contributed by atoms with Crippen LogP contribution in [0.4, 0.5) is 0 Å². The average molecular weight is 1080 g/mol. The summed E-state index contributed by atoms with van der Waals surface area (Å²) in [6.45, 7) is 4.63. The number of unbranched alkanes of at least 4 members (excludes halogenated alkanes) is 26. The van der Waals surface area contributed by atoms with Crippen molar-refractivity contribution in [3.63, 3.8) is 0 Å². The van der Waals surface area contributed by atoms with Gasteiger partial charge in [-0.25, -0.2) is 0 Å². The molecule has 0 amide bonds. The zero-order valence-corrected chi connectivity index (χ0v) is 50.3. The number of hydrogen-bond donors (Lipinski definition) is 0.